The highest BCUT2D eigenvalue weighted by Crippen LogP contribution is 2.21. The monoisotopic (exact) mass is 270 g/mol. The third-order valence-electron chi connectivity index (χ3n) is 2.97. The first-order valence-corrected chi connectivity index (χ1v) is 6.58. The van der Waals surface area contributed by atoms with Gasteiger partial charge in [0, 0.05) is 11.5 Å². The van der Waals surface area contributed by atoms with Gasteiger partial charge >= 0.3 is 0 Å². The van der Waals surface area contributed by atoms with E-state index in [1.807, 2.05) is 55.5 Å². The van der Waals surface area contributed by atoms with Gasteiger partial charge in [-0.15, -0.1) is 0 Å². The smallest absolute Gasteiger partial charge is 0.204 e. The van der Waals surface area contributed by atoms with E-state index < -0.39 is 0 Å². The van der Waals surface area contributed by atoms with Crippen LogP contribution in [-0.2, 0) is 0 Å². The summed E-state index contributed by atoms with van der Waals surface area (Å²) in [4.78, 5) is 12.1. The van der Waals surface area contributed by atoms with E-state index >= 15 is 0 Å². The molecule has 2 rings (SSSR count). The normalized spacial score (nSPS) is 13.1. The van der Waals surface area contributed by atoms with E-state index in [1.165, 1.54) is 0 Å². The fourth-order valence-electron chi connectivity index (χ4n) is 1.88. The SMILES string of the molecule is CC(/C=C(\Cl)C(=O)c1ccccc1)c1ccccc1. The van der Waals surface area contributed by atoms with E-state index in [4.69, 9.17) is 11.6 Å². The summed E-state index contributed by atoms with van der Waals surface area (Å²) in [6, 6.07) is 19.1. The van der Waals surface area contributed by atoms with Gasteiger partial charge in [-0.05, 0) is 5.56 Å². The van der Waals surface area contributed by atoms with Crippen LogP contribution in [0.3, 0.4) is 0 Å². The zero-order valence-corrected chi connectivity index (χ0v) is 11.5. The molecule has 0 aromatic heterocycles. The van der Waals surface area contributed by atoms with Gasteiger partial charge in [-0.3, -0.25) is 4.79 Å². The summed E-state index contributed by atoms with van der Waals surface area (Å²) in [5.74, 6) is -0.0218. The molecule has 1 atom stereocenters. The quantitative estimate of drug-likeness (QED) is 0.576. The maximum absolute atomic E-state index is 12.1. The Morgan fingerprint density at radius 3 is 2.11 bits per heavy atom. The first kappa shape index (κ1) is 13.6. The van der Waals surface area contributed by atoms with Crippen molar-refractivity contribution in [2.45, 2.75) is 12.8 Å². The Hall–Kier alpha value is -1.86. The first-order valence-electron chi connectivity index (χ1n) is 6.20. The van der Waals surface area contributed by atoms with Crippen LogP contribution in [0.2, 0.25) is 0 Å². The van der Waals surface area contributed by atoms with Crippen LogP contribution in [0, 0.1) is 0 Å². The Bertz CT molecular complexity index is 573. The molecule has 0 aliphatic carbocycles. The predicted molar refractivity (Wildman–Crippen MR) is 79.6 cm³/mol. The summed E-state index contributed by atoms with van der Waals surface area (Å²) in [7, 11) is 0. The third kappa shape index (κ3) is 3.55. The molecule has 0 aliphatic heterocycles. The van der Waals surface area contributed by atoms with Crippen molar-refractivity contribution in [3.63, 3.8) is 0 Å². The fourth-order valence-corrected chi connectivity index (χ4v) is 2.17. The molecule has 0 bridgehead atoms. The minimum atomic E-state index is -0.134. The molecule has 0 saturated heterocycles. The van der Waals surface area contributed by atoms with Crippen LogP contribution >= 0.6 is 11.6 Å². The van der Waals surface area contributed by atoms with Crippen LogP contribution < -0.4 is 0 Å². The van der Waals surface area contributed by atoms with Crippen LogP contribution in [0.1, 0.15) is 28.8 Å². The first-order chi connectivity index (χ1) is 9.18. The van der Waals surface area contributed by atoms with Crippen molar-refractivity contribution in [1.29, 1.82) is 0 Å². The number of rotatable bonds is 4. The second kappa shape index (κ2) is 6.35. The lowest BCUT2D eigenvalue weighted by Crippen LogP contribution is -2.00. The van der Waals surface area contributed by atoms with Gasteiger partial charge in [0.05, 0.1) is 5.03 Å². The van der Waals surface area contributed by atoms with Crippen LogP contribution in [0.5, 0.6) is 0 Å². The van der Waals surface area contributed by atoms with E-state index in [1.54, 1.807) is 18.2 Å². The highest BCUT2D eigenvalue weighted by atomic mass is 35.5. The number of carbonyl (C=O) groups excluding carboxylic acids is 1. The van der Waals surface area contributed by atoms with Crippen molar-refractivity contribution in [3.05, 3.63) is 82.9 Å². The number of hydrogen-bond acceptors (Lipinski definition) is 1. The topological polar surface area (TPSA) is 17.1 Å². The molecule has 2 aromatic rings. The van der Waals surface area contributed by atoms with Gasteiger partial charge in [-0.1, -0.05) is 85.3 Å². The van der Waals surface area contributed by atoms with Crippen molar-refractivity contribution >= 4 is 17.4 Å². The van der Waals surface area contributed by atoms with Gasteiger partial charge in [0.25, 0.3) is 0 Å². The number of hydrogen-bond donors (Lipinski definition) is 0. The van der Waals surface area contributed by atoms with Gasteiger partial charge in [0.15, 0.2) is 0 Å². The summed E-state index contributed by atoms with van der Waals surface area (Å²) in [6.07, 6.45) is 1.80. The molecule has 0 heterocycles. The number of allylic oxidation sites excluding steroid dienone is 2. The number of carbonyl (C=O) groups is 1. The molecule has 1 nitrogen and oxygen atoms in total. The Labute approximate surface area is 118 Å². The maximum atomic E-state index is 12.1. The summed E-state index contributed by atoms with van der Waals surface area (Å²) in [5, 5.41) is 0.266. The Morgan fingerprint density at radius 1 is 1.00 bits per heavy atom. The number of benzene rings is 2. The van der Waals surface area contributed by atoms with Crippen LogP contribution in [0.4, 0.5) is 0 Å². The molecule has 19 heavy (non-hydrogen) atoms. The number of ketones is 1. The molecule has 2 aromatic carbocycles. The van der Waals surface area contributed by atoms with E-state index in [2.05, 4.69) is 0 Å². The second-order valence-electron chi connectivity index (χ2n) is 4.41. The van der Waals surface area contributed by atoms with E-state index in [0.29, 0.717) is 5.56 Å². The zero-order chi connectivity index (χ0) is 13.7. The van der Waals surface area contributed by atoms with Crippen molar-refractivity contribution < 1.29 is 4.79 Å². The van der Waals surface area contributed by atoms with Crippen molar-refractivity contribution in [3.8, 4) is 0 Å². The predicted octanol–water partition coefficient (Wildman–Crippen LogP) is 4.80. The highest BCUT2D eigenvalue weighted by molar-refractivity contribution is 6.45. The lowest BCUT2D eigenvalue weighted by atomic mass is 9.99. The van der Waals surface area contributed by atoms with Crippen molar-refractivity contribution in [2.24, 2.45) is 0 Å². The summed E-state index contributed by atoms with van der Waals surface area (Å²) in [6.45, 7) is 2.02. The zero-order valence-electron chi connectivity index (χ0n) is 10.7. The van der Waals surface area contributed by atoms with E-state index in [0.717, 1.165) is 5.56 Å². The van der Waals surface area contributed by atoms with Gasteiger partial charge in [0.1, 0.15) is 0 Å². The lowest BCUT2D eigenvalue weighted by Gasteiger charge is -2.07. The summed E-state index contributed by atoms with van der Waals surface area (Å²) < 4.78 is 0. The highest BCUT2D eigenvalue weighted by Gasteiger charge is 2.11. The molecule has 0 radical (unpaired) electrons. The molecular formula is C17H15ClO. The molecule has 0 amide bonds. The summed E-state index contributed by atoms with van der Waals surface area (Å²) in [5.41, 5.74) is 1.76. The van der Waals surface area contributed by atoms with Crippen LogP contribution in [0.25, 0.3) is 0 Å². The van der Waals surface area contributed by atoms with Gasteiger partial charge in [-0.2, -0.15) is 0 Å². The lowest BCUT2D eigenvalue weighted by molar-refractivity contribution is 0.104. The number of halogens is 1. The Morgan fingerprint density at radius 2 is 1.53 bits per heavy atom. The molecule has 0 aliphatic rings. The van der Waals surface area contributed by atoms with Crippen LogP contribution in [-0.4, -0.2) is 5.78 Å². The standard InChI is InChI=1S/C17H15ClO/c1-13(14-8-4-2-5-9-14)12-16(18)17(19)15-10-6-3-7-11-15/h2-13H,1H3/b16-12-. The summed E-state index contributed by atoms with van der Waals surface area (Å²) >= 11 is 6.12. The molecule has 96 valence electrons. The maximum Gasteiger partial charge on any atom is 0.204 e. The van der Waals surface area contributed by atoms with Crippen molar-refractivity contribution in [1.82, 2.24) is 0 Å². The van der Waals surface area contributed by atoms with Gasteiger partial charge in [0.2, 0.25) is 5.78 Å². The third-order valence-corrected chi connectivity index (χ3v) is 3.27. The minimum Gasteiger partial charge on any atom is -0.288 e. The molecule has 0 saturated carbocycles. The molecule has 0 N–H and O–H groups in total. The van der Waals surface area contributed by atoms with Gasteiger partial charge < -0.3 is 0 Å². The Kier molecular flexibility index (Phi) is 4.53. The molecule has 2 heteroatoms. The molecular weight excluding hydrogens is 256 g/mol. The van der Waals surface area contributed by atoms with E-state index in [-0.39, 0.29) is 16.7 Å². The average molecular weight is 271 g/mol. The van der Waals surface area contributed by atoms with Crippen molar-refractivity contribution in [2.75, 3.05) is 0 Å². The Balaban J connectivity index is 2.18. The average Bonchev–Trinajstić information content (AvgIpc) is 2.48. The van der Waals surface area contributed by atoms with Gasteiger partial charge in [-0.25, -0.2) is 0 Å². The van der Waals surface area contributed by atoms with Crippen LogP contribution in [0.15, 0.2) is 71.8 Å². The second-order valence-corrected chi connectivity index (χ2v) is 4.82. The molecule has 1 unspecified atom stereocenters. The minimum absolute atomic E-state index is 0.112. The fraction of sp³-hybridized carbons (Fsp3) is 0.118. The number of Topliss-reactive ketones (excluding diaryl/α,β-unsaturated/α-hetero) is 1. The molecule has 0 fully saturated rings. The molecule has 0 spiro atoms. The largest absolute Gasteiger partial charge is 0.288 e. The van der Waals surface area contributed by atoms with E-state index in [9.17, 15) is 4.79 Å².